The minimum absolute atomic E-state index is 0.0738. The number of rotatable bonds is 9. The number of ether oxygens (including phenoxy) is 2. The molecule has 2 amide bonds. The van der Waals surface area contributed by atoms with Gasteiger partial charge in [0.05, 0.1) is 17.6 Å². The fourth-order valence-corrected chi connectivity index (χ4v) is 4.69. The van der Waals surface area contributed by atoms with Crippen LogP contribution in [0.25, 0.3) is 21.9 Å². The van der Waals surface area contributed by atoms with Gasteiger partial charge in [0.1, 0.15) is 24.1 Å². The van der Waals surface area contributed by atoms with Crippen LogP contribution in [0.15, 0.2) is 60.7 Å². The first-order valence-electron chi connectivity index (χ1n) is 13.0. The molecule has 5 rings (SSSR count). The molecule has 10 heteroatoms. The summed E-state index contributed by atoms with van der Waals surface area (Å²) in [6.45, 7) is 7.10. The van der Waals surface area contributed by atoms with Crippen molar-refractivity contribution in [2.45, 2.75) is 39.0 Å². The Morgan fingerprint density at radius 2 is 1.90 bits per heavy atom. The number of hydrogen-bond donors (Lipinski definition) is 3. The number of benzene rings is 2. The van der Waals surface area contributed by atoms with Crippen molar-refractivity contribution in [1.29, 1.82) is 0 Å². The quantitative estimate of drug-likeness (QED) is 0.221. The molecule has 4 N–H and O–H groups in total. The Kier molecular flexibility index (Phi) is 7.74. The Balaban J connectivity index is 1.29. The molecule has 1 unspecified atom stereocenters. The summed E-state index contributed by atoms with van der Waals surface area (Å²) in [5.74, 6) is 1.01. The summed E-state index contributed by atoms with van der Waals surface area (Å²) < 4.78 is 13.3. The highest BCUT2D eigenvalue weighted by Gasteiger charge is 2.26. The molecule has 0 spiro atoms. The van der Waals surface area contributed by atoms with Crippen LogP contribution in [-0.2, 0) is 27.4 Å². The minimum atomic E-state index is -0.548. The van der Waals surface area contributed by atoms with Crippen molar-refractivity contribution in [1.82, 2.24) is 25.2 Å². The number of aromatic nitrogens is 3. The molecule has 2 aromatic heterocycles. The first-order valence-corrected chi connectivity index (χ1v) is 13.0. The van der Waals surface area contributed by atoms with Crippen LogP contribution in [0.5, 0.6) is 0 Å². The lowest BCUT2D eigenvalue weighted by atomic mass is 10.1. The molecular weight excluding hydrogens is 496 g/mol. The summed E-state index contributed by atoms with van der Waals surface area (Å²) in [6.07, 6.45) is 1.28. The van der Waals surface area contributed by atoms with Crippen LogP contribution >= 0.6 is 0 Å². The second-order valence-corrected chi connectivity index (χ2v) is 9.61. The van der Waals surface area contributed by atoms with Gasteiger partial charge >= 0.3 is 6.09 Å². The Labute approximate surface area is 226 Å². The molecule has 10 nitrogen and oxygen atoms in total. The molecule has 1 aliphatic rings. The van der Waals surface area contributed by atoms with Gasteiger partial charge in [-0.1, -0.05) is 49.0 Å². The van der Waals surface area contributed by atoms with E-state index >= 15 is 0 Å². The zero-order chi connectivity index (χ0) is 27.4. The Hall–Kier alpha value is -4.44. The lowest BCUT2D eigenvalue weighted by Crippen LogP contribution is -2.31. The largest absolute Gasteiger partial charge is 0.448 e. The maximum atomic E-state index is 12.0. The van der Waals surface area contributed by atoms with E-state index in [9.17, 15) is 9.59 Å². The van der Waals surface area contributed by atoms with Gasteiger partial charge in [0, 0.05) is 30.7 Å². The lowest BCUT2D eigenvalue weighted by Gasteiger charge is -2.15. The van der Waals surface area contributed by atoms with Gasteiger partial charge in [-0.15, -0.1) is 0 Å². The van der Waals surface area contributed by atoms with Crippen LogP contribution in [0.3, 0.4) is 0 Å². The zero-order valence-corrected chi connectivity index (χ0v) is 21.9. The van der Waals surface area contributed by atoms with Gasteiger partial charge in [-0.25, -0.2) is 14.8 Å². The number of imidazole rings is 1. The van der Waals surface area contributed by atoms with Crippen LogP contribution in [0.1, 0.15) is 42.8 Å². The second-order valence-electron chi connectivity index (χ2n) is 9.61. The van der Waals surface area contributed by atoms with Gasteiger partial charge in [-0.3, -0.25) is 4.79 Å². The number of anilines is 1. The molecule has 4 aromatic rings. The van der Waals surface area contributed by atoms with Crippen LogP contribution in [0.4, 0.5) is 10.6 Å². The molecule has 39 heavy (non-hydrogen) atoms. The fourth-order valence-electron chi connectivity index (χ4n) is 4.69. The third kappa shape index (κ3) is 5.85. The van der Waals surface area contributed by atoms with E-state index in [0.717, 1.165) is 52.8 Å². The molecule has 2 aromatic carbocycles. The van der Waals surface area contributed by atoms with E-state index in [4.69, 9.17) is 20.2 Å². The molecule has 1 fully saturated rings. The normalized spacial score (nSPS) is 14.9. The van der Waals surface area contributed by atoms with E-state index < -0.39 is 6.09 Å². The number of nitrogen functional groups attached to an aromatic ring is 1. The maximum Gasteiger partial charge on any atom is 0.407 e. The highest BCUT2D eigenvalue weighted by molar-refractivity contribution is 6.06. The highest BCUT2D eigenvalue weighted by atomic mass is 16.5. The first kappa shape index (κ1) is 26.2. The van der Waals surface area contributed by atoms with Crippen LogP contribution in [-0.4, -0.2) is 46.3 Å². The summed E-state index contributed by atoms with van der Waals surface area (Å²) in [6, 6.07) is 16.0. The van der Waals surface area contributed by atoms with Gasteiger partial charge < -0.3 is 30.4 Å². The average molecular weight is 529 g/mol. The maximum absolute atomic E-state index is 12.0. The van der Waals surface area contributed by atoms with E-state index in [2.05, 4.69) is 26.8 Å². The number of alkyl carbamates (subject to hydrolysis) is 1. The van der Waals surface area contributed by atoms with E-state index in [1.807, 2.05) is 48.5 Å². The fraction of sp³-hybridized carbons (Fsp3) is 0.310. The van der Waals surface area contributed by atoms with Crippen LogP contribution < -0.4 is 16.4 Å². The number of carbonyl (C=O) groups is 2. The molecule has 1 atom stereocenters. The Morgan fingerprint density at radius 1 is 1.13 bits per heavy atom. The number of amides is 2. The van der Waals surface area contributed by atoms with Gasteiger partial charge in [-0.2, -0.15) is 0 Å². The molecule has 0 radical (unpaired) electrons. The van der Waals surface area contributed by atoms with E-state index in [1.165, 1.54) is 0 Å². The van der Waals surface area contributed by atoms with Crippen molar-refractivity contribution in [2.75, 3.05) is 25.5 Å². The summed E-state index contributed by atoms with van der Waals surface area (Å²) >= 11 is 0. The number of nitrogens with two attached hydrogens (primary N) is 1. The molecule has 1 saturated heterocycles. The third-order valence-electron chi connectivity index (χ3n) is 6.67. The summed E-state index contributed by atoms with van der Waals surface area (Å²) in [5.41, 5.74) is 11.2. The number of hydrogen-bond acceptors (Lipinski definition) is 7. The molecule has 0 bridgehead atoms. The highest BCUT2D eigenvalue weighted by Crippen LogP contribution is 2.35. The molecule has 3 heterocycles. The van der Waals surface area contributed by atoms with E-state index in [-0.39, 0.29) is 25.2 Å². The molecule has 1 aliphatic heterocycles. The lowest BCUT2D eigenvalue weighted by molar-refractivity contribution is -0.117. The van der Waals surface area contributed by atoms with Gasteiger partial charge in [0.15, 0.2) is 5.82 Å². The zero-order valence-electron chi connectivity index (χ0n) is 21.9. The van der Waals surface area contributed by atoms with Crippen molar-refractivity contribution < 1.29 is 19.1 Å². The van der Waals surface area contributed by atoms with Gasteiger partial charge in [0.2, 0.25) is 5.91 Å². The second kappa shape index (κ2) is 11.5. The molecule has 0 aliphatic carbocycles. The third-order valence-corrected chi connectivity index (χ3v) is 6.67. The van der Waals surface area contributed by atoms with E-state index in [1.54, 1.807) is 6.92 Å². The SMILES string of the molecule is C=C(C)C(=O)NCCOC(=O)NCc1ccc(Cn2c(C3CCCO3)nc3c(N)nc4ccccc4c32)cc1. The van der Waals surface area contributed by atoms with Crippen LogP contribution in [0, 0.1) is 0 Å². The molecule has 0 saturated carbocycles. The van der Waals surface area contributed by atoms with Crippen LogP contribution in [0.2, 0.25) is 0 Å². The van der Waals surface area contributed by atoms with Crippen molar-refractivity contribution in [3.63, 3.8) is 0 Å². The standard InChI is InChI=1S/C29H32N6O4/c1-18(2)28(36)31-13-15-39-29(37)32-16-19-9-11-20(12-10-19)17-35-25-21-6-3-4-7-22(21)33-26(30)24(25)34-27(35)23-8-5-14-38-23/h3-4,6-7,9-12,23H,1,5,8,13-17H2,2H3,(H2,30,33)(H,31,36)(H,32,37). The van der Waals surface area contributed by atoms with Gasteiger partial charge in [0.25, 0.3) is 0 Å². The predicted octanol–water partition coefficient (Wildman–Crippen LogP) is 3.99. The predicted molar refractivity (Wildman–Crippen MR) is 149 cm³/mol. The number of nitrogens with one attached hydrogen (secondary N) is 2. The summed E-state index contributed by atoms with van der Waals surface area (Å²) in [4.78, 5) is 32.9. The number of para-hydroxylation sites is 1. The minimum Gasteiger partial charge on any atom is -0.448 e. The number of nitrogens with zero attached hydrogens (tertiary/aromatic N) is 3. The topological polar surface area (TPSA) is 133 Å². The Morgan fingerprint density at radius 3 is 2.64 bits per heavy atom. The summed E-state index contributed by atoms with van der Waals surface area (Å²) in [7, 11) is 0. The monoisotopic (exact) mass is 528 g/mol. The van der Waals surface area contributed by atoms with E-state index in [0.29, 0.717) is 30.0 Å². The number of carbonyl (C=O) groups excluding carboxylic acids is 2. The van der Waals surface area contributed by atoms with Gasteiger partial charge in [-0.05, 0) is 37.0 Å². The van der Waals surface area contributed by atoms with Crippen molar-refractivity contribution >= 4 is 39.8 Å². The molecular formula is C29H32N6O4. The van der Waals surface area contributed by atoms with Crippen molar-refractivity contribution in [3.8, 4) is 0 Å². The Bertz CT molecular complexity index is 1520. The molecule has 202 valence electrons. The average Bonchev–Trinajstić information content (AvgIpc) is 3.59. The summed E-state index contributed by atoms with van der Waals surface area (Å²) in [5, 5.41) is 6.34. The first-order chi connectivity index (χ1) is 18.9. The van der Waals surface area contributed by atoms with Crippen molar-refractivity contribution in [2.24, 2.45) is 0 Å². The number of fused-ring (bicyclic) bond motifs is 3. The smallest absolute Gasteiger partial charge is 0.407 e. The van der Waals surface area contributed by atoms with Crippen molar-refractivity contribution in [3.05, 3.63) is 77.6 Å². The number of pyridine rings is 1.